The Morgan fingerprint density at radius 3 is 2.41 bits per heavy atom. The molecule has 2 aromatic carbocycles. The van der Waals surface area contributed by atoms with Crippen molar-refractivity contribution in [3.05, 3.63) is 83.6 Å². The maximum Gasteiger partial charge on any atom is 0.213 e. The Labute approximate surface area is 219 Å². The van der Waals surface area contributed by atoms with Crippen LogP contribution in [0.1, 0.15) is 23.6 Å². The molecule has 0 aliphatic carbocycles. The van der Waals surface area contributed by atoms with Crippen LogP contribution in [0.4, 0.5) is 0 Å². The van der Waals surface area contributed by atoms with Gasteiger partial charge in [0.25, 0.3) is 0 Å². The largest absolute Gasteiger partial charge is 0.493 e. The van der Waals surface area contributed by atoms with Gasteiger partial charge in [0.05, 0.1) is 20.8 Å². The van der Waals surface area contributed by atoms with E-state index in [1.807, 2.05) is 67.6 Å². The molecule has 3 aromatic rings. The highest BCUT2D eigenvalue weighted by atomic mass is 127. The third-order valence-electron chi connectivity index (χ3n) is 4.95. The molecule has 8 heteroatoms. The Morgan fingerprint density at radius 2 is 1.68 bits per heavy atom. The van der Waals surface area contributed by atoms with Crippen molar-refractivity contribution in [1.82, 2.24) is 15.6 Å². The summed E-state index contributed by atoms with van der Waals surface area (Å²) in [6, 6.07) is 19.9. The molecule has 0 saturated heterocycles. The lowest BCUT2D eigenvalue weighted by Crippen LogP contribution is -2.38. The molecule has 0 aliphatic rings. The van der Waals surface area contributed by atoms with Crippen molar-refractivity contribution in [2.24, 2.45) is 4.99 Å². The molecule has 7 nitrogen and oxygen atoms in total. The van der Waals surface area contributed by atoms with Crippen LogP contribution in [0.2, 0.25) is 0 Å². The van der Waals surface area contributed by atoms with Crippen molar-refractivity contribution in [3.8, 4) is 17.4 Å². The number of hydrogen-bond donors (Lipinski definition) is 2. The minimum Gasteiger partial charge on any atom is -0.493 e. The molecule has 0 aliphatic heterocycles. The van der Waals surface area contributed by atoms with Gasteiger partial charge in [-0.15, -0.1) is 24.0 Å². The normalized spacial score (nSPS) is 10.7. The Bertz CT molecular complexity index is 1030. The van der Waals surface area contributed by atoms with Gasteiger partial charge in [-0.3, -0.25) is 0 Å². The smallest absolute Gasteiger partial charge is 0.213 e. The molecule has 0 atom stereocenters. The first-order valence-electron chi connectivity index (χ1n) is 11.1. The zero-order valence-corrected chi connectivity index (χ0v) is 22.2. The molecular weight excluding hydrogens is 543 g/mol. The number of pyridine rings is 1. The lowest BCUT2D eigenvalue weighted by molar-refractivity contribution is 0.293. The fraction of sp³-hybridized carbons (Fsp3) is 0.308. The molecule has 0 unspecified atom stereocenters. The number of aromatic nitrogens is 1. The van der Waals surface area contributed by atoms with Crippen LogP contribution in [-0.4, -0.2) is 38.3 Å². The van der Waals surface area contributed by atoms with Gasteiger partial charge < -0.3 is 24.8 Å². The van der Waals surface area contributed by atoms with E-state index in [4.69, 9.17) is 19.2 Å². The van der Waals surface area contributed by atoms with E-state index >= 15 is 0 Å². The van der Waals surface area contributed by atoms with Gasteiger partial charge in [0.15, 0.2) is 17.5 Å². The number of rotatable bonds is 11. The second-order valence-electron chi connectivity index (χ2n) is 7.34. The quantitative estimate of drug-likeness (QED) is 0.198. The number of methoxy groups -OCH3 is 2. The van der Waals surface area contributed by atoms with Gasteiger partial charge >= 0.3 is 0 Å². The summed E-state index contributed by atoms with van der Waals surface area (Å²) < 4.78 is 16.5. The molecule has 0 saturated carbocycles. The van der Waals surface area contributed by atoms with Gasteiger partial charge in [0, 0.05) is 25.4 Å². The monoisotopic (exact) mass is 576 g/mol. The predicted molar refractivity (Wildman–Crippen MR) is 146 cm³/mol. The van der Waals surface area contributed by atoms with Crippen LogP contribution < -0.4 is 24.8 Å². The molecule has 1 aromatic heterocycles. The van der Waals surface area contributed by atoms with E-state index in [0.29, 0.717) is 19.0 Å². The molecule has 182 valence electrons. The second kappa shape index (κ2) is 15.0. The van der Waals surface area contributed by atoms with Crippen LogP contribution in [0.3, 0.4) is 0 Å². The van der Waals surface area contributed by atoms with Crippen LogP contribution >= 0.6 is 24.0 Å². The maximum atomic E-state index is 5.83. The zero-order chi connectivity index (χ0) is 23.3. The van der Waals surface area contributed by atoms with Crippen molar-refractivity contribution in [3.63, 3.8) is 0 Å². The number of benzene rings is 2. The summed E-state index contributed by atoms with van der Waals surface area (Å²) in [6.45, 7) is 4.58. The van der Waals surface area contributed by atoms with Crippen LogP contribution in [0.15, 0.2) is 71.9 Å². The SMILES string of the molecule is CCNC(=NCc1ccnc(OCc2ccccc2)c1)NCCc1ccc(OC)c(OC)c1.I. The molecule has 1 heterocycles. The van der Waals surface area contributed by atoms with Gasteiger partial charge in [-0.1, -0.05) is 36.4 Å². The molecule has 3 rings (SSSR count). The van der Waals surface area contributed by atoms with Gasteiger partial charge in [0.2, 0.25) is 5.88 Å². The Hall–Kier alpha value is -3.01. The van der Waals surface area contributed by atoms with Gasteiger partial charge in [-0.05, 0) is 48.2 Å². The van der Waals surface area contributed by atoms with Crippen molar-refractivity contribution in [2.45, 2.75) is 26.5 Å². The average Bonchev–Trinajstić information content (AvgIpc) is 2.86. The molecule has 34 heavy (non-hydrogen) atoms. The minimum atomic E-state index is 0. The van der Waals surface area contributed by atoms with E-state index in [0.717, 1.165) is 53.7 Å². The van der Waals surface area contributed by atoms with E-state index in [2.05, 4.69) is 15.6 Å². The van der Waals surface area contributed by atoms with Crippen molar-refractivity contribution >= 4 is 29.9 Å². The highest BCUT2D eigenvalue weighted by Gasteiger charge is 2.05. The molecule has 0 fully saturated rings. The lowest BCUT2D eigenvalue weighted by atomic mass is 10.1. The van der Waals surface area contributed by atoms with Crippen LogP contribution in [0.25, 0.3) is 0 Å². The van der Waals surface area contributed by atoms with E-state index in [9.17, 15) is 0 Å². The predicted octanol–water partition coefficient (Wildman–Crippen LogP) is 4.59. The summed E-state index contributed by atoms with van der Waals surface area (Å²) in [7, 11) is 3.28. The van der Waals surface area contributed by atoms with Gasteiger partial charge in [-0.2, -0.15) is 0 Å². The summed E-state index contributed by atoms with van der Waals surface area (Å²) in [5, 5.41) is 6.68. The van der Waals surface area contributed by atoms with Crippen molar-refractivity contribution < 1.29 is 14.2 Å². The number of nitrogens with one attached hydrogen (secondary N) is 2. The highest BCUT2D eigenvalue weighted by Crippen LogP contribution is 2.27. The summed E-state index contributed by atoms with van der Waals surface area (Å²) in [5.74, 6) is 2.83. The summed E-state index contributed by atoms with van der Waals surface area (Å²) in [5.41, 5.74) is 3.30. The molecule has 0 spiro atoms. The highest BCUT2D eigenvalue weighted by molar-refractivity contribution is 14.0. The third-order valence-corrected chi connectivity index (χ3v) is 4.95. The van der Waals surface area contributed by atoms with Gasteiger partial charge in [-0.25, -0.2) is 9.98 Å². The van der Waals surface area contributed by atoms with Crippen molar-refractivity contribution in [1.29, 1.82) is 0 Å². The fourth-order valence-corrected chi connectivity index (χ4v) is 3.23. The van der Waals surface area contributed by atoms with E-state index < -0.39 is 0 Å². The summed E-state index contributed by atoms with van der Waals surface area (Å²) in [6.07, 6.45) is 2.58. The van der Waals surface area contributed by atoms with Crippen LogP contribution in [0, 0.1) is 0 Å². The number of hydrogen-bond acceptors (Lipinski definition) is 5. The first kappa shape index (κ1) is 27.2. The Kier molecular flexibility index (Phi) is 12.0. The molecule has 0 radical (unpaired) electrons. The number of nitrogens with zero attached hydrogens (tertiary/aromatic N) is 2. The van der Waals surface area contributed by atoms with E-state index in [1.165, 1.54) is 0 Å². The van der Waals surface area contributed by atoms with Crippen molar-refractivity contribution in [2.75, 3.05) is 27.3 Å². The van der Waals surface area contributed by atoms with E-state index in [-0.39, 0.29) is 24.0 Å². The van der Waals surface area contributed by atoms with Gasteiger partial charge in [0.1, 0.15) is 6.61 Å². The molecular formula is C26H33IN4O3. The number of halogens is 1. The minimum absolute atomic E-state index is 0. The maximum absolute atomic E-state index is 5.83. The number of aliphatic imine (C=N–C) groups is 1. The number of guanidine groups is 1. The van der Waals surface area contributed by atoms with E-state index in [1.54, 1.807) is 20.4 Å². The van der Waals surface area contributed by atoms with Crippen LogP contribution in [0.5, 0.6) is 17.4 Å². The first-order valence-corrected chi connectivity index (χ1v) is 11.1. The summed E-state index contributed by atoms with van der Waals surface area (Å²) >= 11 is 0. The Balaban J connectivity index is 0.00000408. The Morgan fingerprint density at radius 1 is 0.882 bits per heavy atom. The standard InChI is InChI=1S/C26H32N4O3.HI/c1-4-27-26(29-15-12-20-10-11-23(31-2)24(16-20)32-3)30-18-22-13-14-28-25(17-22)33-19-21-8-6-5-7-9-21;/h5-11,13-14,16-17H,4,12,15,18-19H2,1-3H3,(H2,27,29,30);1H. The van der Waals surface area contributed by atoms with Crippen LogP contribution in [-0.2, 0) is 19.6 Å². The zero-order valence-electron chi connectivity index (χ0n) is 19.9. The average molecular weight is 576 g/mol. The molecule has 2 N–H and O–H groups in total. The lowest BCUT2D eigenvalue weighted by Gasteiger charge is -2.13. The molecule has 0 bridgehead atoms. The second-order valence-corrected chi connectivity index (χ2v) is 7.34. The fourth-order valence-electron chi connectivity index (χ4n) is 3.23. The topological polar surface area (TPSA) is 77.0 Å². The third kappa shape index (κ3) is 8.74. The number of ether oxygens (including phenoxy) is 3. The first-order chi connectivity index (χ1) is 16.2. The molecule has 0 amide bonds. The summed E-state index contributed by atoms with van der Waals surface area (Å²) in [4.78, 5) is 9.01.